The maximum Gasteiger partial charge on any atom is 0.143 e. The fourth-order valence-corrected chi connectivity index (χ4v) is 9.21. The minimum absolute atomic E-state index is 0.898. The van der Waals surface area contributed by atoms with E-state index in [-0.39, 0.29) is 0 Å². The van der Waals surface area contributed by atoms with E-state index in [1.807, 2.05) is 24.3 Å². The Morgan fingerprint density at radius 3 is 1.69 bits per heavy atom. The Hall–Kier alpha value is -8.14. The van der Waals surface area contributed by atoms with Crippen LogP contribution in [0.2, 0.25) is 0 Å². The average molecular weight is 780 g/mol. The van der Waals surface area contributed by atoms with Crippen LogP contribution in [0, 0.1) is 0 Å². The highest BCUT2D eigenvalue weighted by atomic mass is 16.3. The summed E-state index contributed by atoms with van der Waals surface area (Å²) >= 11 is 0. The molecule has 2 aromatic heterocycles. The van der Waals surface area contributed by atoms with Crippen molar-refractivity contribution >= 4 is 71.7 Å². The van der Waals surface area contributed by atoms with Crippen LogP contribution >= 0.6 is 0 Å². The molecule has 286 valence electrons. The maximum absolute atomic E-state index is 6.47. The molecule has 0 aliphatic heterocycles. The van der Waals surface area contributed by atoms with Crippen molar-refractivity contribution < 1.29 is 8.83 Å². The first kappa shape index (κ1) is 34.9. The SMILES string of the molecule is c1ccc(-c2cc(N(c3ccc(-c4cccc5c4oc4ccccc45)cc3)c3ccccc3-c3ccccc3)ccc2-c2ccc3ccc4oc5ccccc5c4c3c2)cc1. The number of rotatable bonds is 7. The van der Waals surface area contributed by atoms with Gasteiger partial charge in [0.25, 0.3) is 0 Å². The third-order valence-electron chi connectivity index (χ3n) is 12.1. The Balaban J connectivity index is 1.05. The second-order valence-electron chi connectivity index (χ2n) is 15.6. The largest absolute Gasteiger partial charge is 0.456 e. The van der Waals surface area contributed by atoms with Crippen molar-refractivity contribution in [1.29, 1.82) is 0 Å². The number of anilines is 3. The van der Waals surface area contributed by atoms with Gasteiger partial charge in [-0.2, -0.15) is 0 Å². The third-order valence-corrected chi connectivity index (χ3v) is 12.1. The lowest BCUT2D eigenvalue weighted by Gasteiger charge is -2.29. The summed E-state index contributed by atoms with van der Waals surface area (Å²) in [5, 5.41) is 6.90. The van der Waals surface area contributed by atoms with Crippen LogP contribution in [0.1, 0.15) is 0 Å². The van der Waals surface area contributed by atoms with Crippen LogP contribution < -0.4 is 4.90 Å². The number of hydrogen-bond donors (Lipinski definition) is 0. The molecule has 0 aliphatic rings. The second kappa shape index (κ2) is 14.3. The predicted molar refractivity (Wildman–Crippen MR) is 255 cm³/mol. The van der Waals surface area contributed by atoms with E-state index in [9.17, 15) is 0 Å². The monoisotopic (exact) mass is 779 g/mol. The third kappa shape index (κ3) is 5.90. The second-order valence-corrected chi connectivity index (χ2v) is 15.6. The molecule has 12 rings (SSSR count). The molecule has 0 fully saturated rings. The van der Waals surface area contributed by atoms with Gasteiger partial charge in [-0.25, -0.2) is 0 Å². The highest BCUT2D eigenvalue weighted by Gasteiger charge is 2.21. The van der Waals surface area contributed by atoms with Gasteiger partial charge in [0.05, 0.1) is 5.69 Å². The summed E-state index contributed by atoms with van der Waals surface area (Å²) in [4.78, 5) is 2.39. The van der Waals surface area contributed by atoms with Crippen LogP contribution in [0.15, 0.2) is 233 Å². The van der Waals surface area contributed by atoms with E-state index >= 15 is 0 Å². The molecule has 0 unspecified atom stereocenters. The minimum atomic E-state index is 0.898. The fourth-order valence-electron chi connectivity index (χ4n) is 9.21. The first-order valence-corrected chi connectivity index (χ1v) is 20.7. The highest BCUT2D eigenvalue weighted by Crippen LogP contribution is 2.46. The molecule has 0 atom stereocenters. The molecule has 61 heavy (non-hydrogen) atoms. The van der Waals surface area contributed by atoms with Gasteiger partial charge >= 0.3 is 0 Å². The van der Waals surface area contributed by atoms with Gasteiger partial charge in [0, 0.05) is 44.0 Å². The predicted octanol–water partition coefficient (Wildman–Crippen LogP) is 16.8. The zero-order valence-electron chi connectivity index (χ0n) is 33.1. The van der Waals surface area contributed by atoms with Crippen LogP contribution in [0.3, 0.4) is 0 Å². The first-order valence-electron chi connectivity index (χ1n) is 20.7. The van der Waals surface area contributed by atoms with Crippen molar-refractivity contribution in [3.8, 4) is 44.5 Å². The summed E-state index contributed by atoms with van der Waals surface area (Å²) < 4.78 is 12.8. The molecule has 0 saturated carbocycles. The van der Waals surface area contributed by atoms with Gasteiger partial charge in [-0.15, -0.1) is 0 Å². The number of hydrogen-bond acceptors (Lipinski definition) is 3. The molecule has 0 saturated heterocycles. The molecule has 0 aliphatic carbocycles. The van der Waals surface area contributed by atoms with Crippen LogP contribution in [-0.2, 0) is 0 Å². The topological polar surface area (TPSA) is 29.5 Å². The lowest BCUT2D eigenvalue weighted by molar-refractivity contribution is 0.669. The Morgan fingerprint density at radius 2 is 0.885 bits per heavy atom. The van der Waals surface area contributed by atoms with Gasteiger partial charge in [-0.05, 0) is 98.8 Å². The molecule has 0 bridgehead atoms. The van der Waals surface area contributed by atoms with Crippen molar-refractivity contribution in [1.82, 2.24) is 0 Å². The van der Waals surface area contributed by atoms with E-state index < -0.39 is 0 Å². The van der Waals surface area contributed by atoms with E-state index in [0.717, 1.165) is 105 Å². The van der Waals surface area contributed by atoms with Gasteiger partial charge in [0.15, 0.2) is 0 Å². The number of furan rings is 2. The molecule has 0 N–H and O–H groups in total. The molecule has 0 amide bonds. The lowest BCUT2D eigenvalue weighted by atomic mass is 9.91. The van der Waals surface area contributed by atoms with Gasteiger partial charge in [0.2, 0.25) is 0 Å². The Bertz CT molecular complexity index is 3580. The normalized spacial score (nSPS) is 11.6. The average Bonchev–Trinajstić information content (AvgIpc) is 3.92. The molecule has 0 radical (unpaired) electrons. The van der Waals surface area contributed by atoms with E-state index in [2.05, 4.69) is 205 Å². The molecule has 3 heteroatoms. The quantitative estimate of drug-likeness (QED) is 0.161. The number of benzene rings is 10. The van der Waals surface area contributed by atoms with E-state index in [4.69, 9.17) is 8.83 Å². The standard InChI is InChI=1S/C58H37NO2/c1-3-14-38(15-4-1)46-18-7-10-23-53(46)59(43-31-28-40(29-32-43)47-21-13-22-49-48-19-8-11-24-54(48)61-58(47)49)44-33-34-45(51(37-44)39-16-5-2-6-17-39)42-27-26-41-30-35-56-57(52(41)36-42)50-20-9-12-25-55(50)60-56/h1-37H. The van der Waals surface area contributed by atoms with Crippen LogP contribution in [-0.4, -0.2) is 0 Å². The van der Waals surface area contributed by atoms with Crippen LogP contribution in [0.5, 0.6) is 0 Å². The first-order chi connectivity index (χ1) is 30.2. The summed E-state index contributed by atoms with van der Waals surface area (Å²) in [6, 6.07) is 80.0. The molecule has 0 spiro atoms. The Kier molecular flexibility index (Phi) is 8.17. The molecule has 10 aromatic carbocycles. The summed E-state index contributed by atoms with van der Waals surface area (Å²) in [6.07, 6.45) is 0. The highest BCUT2D eigenvalue weighted by molar-refractivity contribution is 6.19. The Morgan fingerprint density at radius 1 is 0.295 bits per heavy atom. The summed E-state index contributed by atoms with van der Waals surface area (Å²) in [7, 11) is 0. The summed E-state index contributed by atoms with van der Waals surface area (Å²) in [5.41, 5.74) is 15.9. The van der Waals surface area contributed by atoms with E-state index in [0.29, 0.717) is 0 Å². The van der Waals surface area contributed by atoms with Crippen LogP contribution in [0.4, 0.5) is 17.1 Å². The zero-order chi connectivity index (χ0) is 40.3. The lowest BCUT2D eigenvalue weighted by Crippen LogP contribution is -2.11. The van der Waals surface area contributed by atoms with Gasteiger partial charge < -0.3 is 13.7 Å². The minimum Gasteiger partial charge on any atom is -0.456 e. The molecule has 2 heterocycles. The fraction of sp³-hybridized carbons (Fsp3) is 0. The van der Waals surface area contributed by atoms with Crippen molar-refractivity contribution in [3.05, 3.63) is 224 Å². The van der Waals surface area contributed by atoms with Crippen molar-refractivity contribution in [2.45, 2.75) is 0 Å². The Labute approximate surface area is 353 Å². The zero-order valence-corrected chi connectivity index (χ0v) is 33.1. The number of fused-ring (bicyclic) bond motifs is 8. The maximum atomic E-state index is 6.47. The smallest absolute Gasteiger partial charge is 0.143 e. The molecule has 3 nitrogen and oxygen atoms in total. The van der Waals surface area contributed by atoms with Crippen molar-refractivity contribution in [3.63, 3.8) is 0 Å². The van der Waals surface area contributed by atoms with Crippen molar-refractivity contribution in [2.24, 2.45) is 0 Å². The van der Waals surface area contributed by atoms with Crippen LogP contribution in [0.25, 0.3) is 99.2 Å². The van der Waals surface area contributed by atoms with Crippen molar-refractivity contribution in [2.75, 3.05) is 4.90 Å². The summed E-state index contributed by atoms with van der Waals surface area (Å²) in [5.74, 6) is 0. The van der Waals surface area contributed by atoms with Gasteiger partial charge in [0.1, 0.15) is 22.3 Å². The molecule has 12 aromatic rings. The number of nitrogens with zero attached hydrogens (tertiary/aromatic N) is 1. The van der Waals surface area contributed by atoms with Gasteiger partial charge in [-0.3, -0.25) is 0 Å². The molecular formula is C58H37NO2. The van der Waals surface area contributed by atoms with Gasteiger partial charge in [-0.1, -0.05) is 170 Å². The number of para-hydroxylation sites is 4. The van der Waals surface area contributed by atoms with E-state index in [1.54, 1.807) is 0 Å². The molecular weight excluding hydrogens is 743 g/mol. The summed E-state index contributed by atoms with van der Waals surface area (Å²) in [6.45, 7) is 0. The van der Waals surface area contributed by atoms with E-state index in [1.165, 1.54) is 10.8 Å².